The van der Waals surface area contributed by atoms with Crippen molar-refractivity contribution in [1.82, 2.24) is 15.5 Å². The first kappa shape index (κ1) is 13.6. The van der Waals surface area contributed by atoms with Crippen LogP contribution in [0, 0.1) is 6.92 Å². The Hall–Kier alpha value is -2.33. The highest BCUT2D eigenvalue weighted by atomic mass is 16.3. The van der Waals surface area contributed by atoms with Crippen molar-refractivity contribution >= 4 is 0 Å². The Morgan fingerprint density at radius 1 is 1.19 bits per heavy atom. The Morgan fingerprint density at radius 2 is 2.00 bits per heavy atom. The SMILES string of the molecule is Cc1ccc(-c2[nH]ncc2CN[C@H](C)c2ccccc2)o1. The van der Waals surface area contributed by atoms with E-state index in [4.69, 9.17) is 4.42 Å². The summed E-state index contributed by atoms with van der Waals surface area (Å²) in [5, 5.41) is 10.7. The molecule has 0 aliphatic carbocycles. The van der Waals surface area contributed by atoms with Gasteiger partial charge in [-0.2, -0.15) is 5.10 Å². The van der Waals surface area contributed by atoms with E-state index in [1.807, 2.05) is 31.3 Å². The molecule has 0 aliphatic heterocycles. The molecule has 0 radical (unpaired) electrons. The van der Waals surface area contributed by atoms with Crippen LogP contribution in [0.2, 0.25) is 0 Å². The molecule has 0 saturated heterocycles. The van der Waals surface area contributed by atoms with E-state index in [9.17, 15) is 0 Å². The lowest BCUT2D eigenvalue weighted by molar-refractivity contribution is 0.542. The van der Waals surface area contributed by atoms with E-state index in [2.05, 4.69) is 46.7 Å². The fraction of sp³-hybridized carbons (Fsp3) is 0.235. The van der Waals surface area contributed by atoms with Crippen LogP contribution in [0.4, 0.5) is 0 Å². The van der Waals surface area contributed by atoms with Crippen molar-refractivity contribution < 1.29 is 4.42 Å². The molecule has 0 unspecified atom stereocenters. The number of aromatic nitrogens is 2. The molecule has 2 heterocycles. The van der Waals surface area contributed by atoms with Crippen molar-refractivity contribution in [3.8, 4) is 11.5 Å². The van der Waals surface area contributed by atoms with Crippen LogP contribution in [-0.2, 0) is 6.54 Å². The standard InChI is InChI=1S/C17H19N3O/c1-12-8-9-16(21-12)17-15(11-19-20-17)10-18-13(2)14-6-4-3-5-7-14/h3-9,11,13,18H,10H2,1-2H3,(H,19,20)/t13-/m1/s1. The molecule has 0 fully saturated rings. The summed E-state index contributed by atoms with van der Waals surface area (Å²) < 4.78 is 5.66. The average molecular weight is 281 g/mol. The molecule has 3 aromatic rings. The first-order valence-electron chi connectivity index (χ1n) is 7.11. The second-order valence-corrected chi connectivity index (χ2v) is 5.19. The van der Waals surface area contributed by atoms with Crippen molar-refractivity contribution in [2.75, 3.05) is 0 Å². The van der Waals surface area contributed by atoms with Gasteiger partial charge in [0.1, 0.15) is 11.5 Å². The molecular formula is C17H19N3O. The molecule has 3 rings (SSSR count). The molecule has 21 heavy (non-hydrogen) atoms. The highest BCUT2D eigenvalue weighted by molar-refractivity contribution is 5.56. The van der Waals surface area contributed by atoms with Gasteiger partial charge in [0.25, 0.3) is 0 Å². The van der Waals surface area contributed by atoms with Gasteiger partial charge in [0, 0.05) is 18.2 Å². The Morgan fingerprint density at radius 3 is 2.71 bits per heavy atom. The Labute approximate surface area is 124 Å². The predicted octanol–water partition coefficient (Wildman–Crippen LogP) is 3.83. The number of benzene rings is 1. The van der Waals surface area contributed by atoms with E-state index in [0.717, 1.165) is 29.3 Å². The van der Waals surface area contributed by atoms with Crippen LogP contribution in [0.1, 0.15) is 29.9 Å². The molecule has 0 aliphatic rings. The third kappa shape index (κ3) is 3.06. The molecule has 1 aromatic carbocycles. The molecular weight excluding hydrogens is 262 g/mol. The number of furan rings is 1. The highest BCUT2D eigenvalue weighted by Gasteiger charge is 2.12. The predicted molar refractivity (Wildman–Crippen MR) is 82.7 cm³/mol. The van der Waals surface area contributed by atoms with Gasteiger partial charge in [0.2, 0.25) is 0 Å². The number of hydrogen-bond acceptors (Lipinski definition) is 3. The summed E-state index contributed by atoms with van der Waals surface area (Å²) in [7, 11) is 0. The quantitative estimate of drug-likeness (QED) is 0.747. The minimum absolute atomic E-state index is 0.285. The van der Waals surface area contributed by atoms with Crippen LogP contribution in [0.5, 0.6) is 0 Å². The van der Waals surface area contributed by atoms with E-state index >= 15 is 0 Å². The smallest absolute Gasteiger partial charge is 0.152 e. The van der Waals surface area contributed by atoms with Gasteiger partial charge < -0.3 is 9.73 Å². The molecule has 1 atom stereocenters. The summed E-state index contributed by atoms with van der Waals surface area (Å²) in [5.74, 6) is 1.73. The van der Waals surface area contributed by atoms with Gasteiger partial charge in [0.15, 0.2) is 5.76 Å². The largest absolute Gasteiger partial charge is 0.460 e. The molecule has 0 spiro atoms. The van der Waals surface area contributed by atoms with E-state index in [1.165, 1.54) is 5.56 Å². The van der Waals surface area contributed by atoms with E-state index in [0.29, 0.717) is 0 Å². The fourth-order valence-corrected chi connectivity index (χ4v) is 2.35. The number of rotatable bonds is 5. The summed E-state index contributed by atoms with van der Waals surface area (Å²) in [6.45, 7) is 4.84. The summed E-state index contributed by atoms with van der Waals surface area (Å²) >= 11 is 0. The number of aromatic amines is 1. The second kappa shape index (κ2) is 5.97. The van der Waals surface area contributed by atoms with Crippen LogP contribution < -0.4 is 5.32 Å². The van der Waals surface area contributed by atoms with Gasteiger partial charge in [-0.3, -0.25) is 5.10 Å². The average Bonchev–Trinajstić information content (AvgIpc) is 3.14. The maximum absolute atomic E-state index is 5.66. The summed E-state index contributed by atoms with van der Waals surface area (Å²) in [6.07, 6.45) is 1.85. The number of aryl methyl sites for hydroxylation is 1. The van der Waals surface area contributed by atoms with Gasteiger partial charge >= 0.3 is 0 Å². The van der Waals surface area contributed by atoms with Gasteiger partial charge in [-0.25, -0.2) is 0 Å². The van der Waals surface area contributed by atoms with Crippen molar-refractivity contribution in [3.63, 3.8) is 0 Å². The molecule has 0 amide bonds. The lowest BCUT2D eigenvalue weighted by atomic mass is 10.1. The number of hydrogen-bond donors (Lipinski definition) is 2. The third-order valence-corrected chi connectivity index (χ3v) is 3.60. The van der Waals surface area contributed by atoms with Crippen LogP contribution in [-0.4, -0.2) is 10.2 Å². The third-order valence-electron chi connectivity index (χ3n) is 3.60. The first-order valence-corrected chi connectivity index (χ1v) is 7.11. The summed E-state index contributed by atoms with van der Waals surface area (Å²) in [6, 6.07) is 14.6. The fourth-order valence-electron chi connectivity index (χ4n) is 2.35. The van der Waals surface area contributed by atoms with E-state index in [1.54, 1.807) is 0 Å². The number of H-pyrrole nitrogens is 1. The molecule has 4 nitrogen and oxygen atoms in total. The van der Waals surface area contributed by atoms with Crippen LogP contribution in [0.25, 0.3) is 11.5 Å². The van der Waals surface area contributed by atoms with E-state index in [-0.39, 0.29) is 6.04 Å². The van der Waals surface area contributed by atoms with Crippen molar-refractivity contribution in [1.29, 1.82) is 0 Å². The van der Waals surface area contributed by atoms with Gasteiger partial charge in [-0.05, 0) is 31.5 Å². The van der Waals surface area contributed by atoms with E-state index < -0.39 is 0 Å². The van der Waals surface area contributed by atoms with Crippen molar-refractivity contribution in [3.05, 3.63) is 65.5 Å². The maximum Gasteiger partial charge on any atom is 0.152 e. The molecule has 2 aromatic heterocycles. The van der Waals surface area contributed by atoms with Crippen LogP contribution in [0.3, 0.4) is 0 Å². The summed E-state index contributed by atoms with van der Waals surface area (Å²) in [5.41, 5.74) is 3.32. The molecule has 108 valence electrons. The lowest BCUT2D eigenvalue weighted by Crippen LogP contribution is -2.18. The zero-order valence-corrected chi connectivity index (χ0v) is 12.3. The molecule has 2 N–H and O–H groups in total. The van der Waals surface area contributed by atoms with Gasteiger partial charge in [-0.1, -0.05) is 30.3 Å². The normalized spacial score (nSPS) is 12.5. The topological polar surface area (TPSA) is 53.9 Å². The number of nitrogens with zero attached hydrogens (tertiary/aromatic N) is 1. The monoisotopic (exact) mass is 281 g/mol. The lowest BCUT2D eigenvalue weighted by Gasteiger charge is -2.13. The zero-order valence-electron chi connectivity index (χ0n) is 12.3. The van der Waals surface area contributed by atoms with Gasteiger partial charge in [0.05, 0.1) is 6.20 Å². The Balaban J connectivity index is 1.71. The Kier molecular flexibility index (Phi) is 3.88. The molecule has 0 bridgehead atoms. The maximum atomic E-state index is 5.66. The highest BCUT2D eigenvalue weighted by Crippen LogP contribution is 2.23. The number of nitrogens with one attached hydrogen (secondary N) is 2. The van der Waals surface area contributed by atoms with Crippen molar-refractivity contribution in [2.45, 2.75) is 26.4 Å². The first-order chi connectivity index (χ1) is 10.2. The van der Waals surface area contributed by atoms with Crippen molar-refractivity contribution in [2.24, 2.45) is 0 Å². The minimum Gasteiger partial charge on any atom is -0.460 e. The zero-order chi connectivity index (χ0) is 14.7. The second-order valence-electron chi connectivity index (χ2n) is 5.19. The summed E-state index contributed by atoms with van der Waals surface area (Å²) in [4.78, 5) is 0. The van der Waals surface area contributed by atoms with Crippen LogP contribution in [0.15, 0.2) is 53.1 Å². The Bertz CT molecular complexity index is 700. The van der Waals surface area contributed by atoms with Crippen LogP contribution >= 0.6 is 0 Å². The molecule has 0 saturated carbocycles. The van der Waals surface area contributed by atoms with Gasteiger partial charge in [-0.15, -0.1) is 0 Å². The molecule has 4 heteroatoms. The minimum atomic E-state index is 0.285.